The molecule has 0 heterocycles. The minimum atomic E-state index is -0.514. The van der Waals surface area contributed by atoms with E-state index >= 15 is 0 Å². The zero-order valence-corrected chi connectivity index (χ0v) is 14.9. The van der Waals surface area contributed by atoms with Gasteiger partial charge in [0.2, 0.25) is 5.91 Å². The Morgan fingerprint density at radius 2 is 1.82 bits per heavy atom. The average Bonchev–Trinajstić information content (AvgIpc) is 2.45. The summed E-state index contributed by atoms with van der Waals surface area (Å²) < 4.78 is 26.5. The highest BCUT2D eigenvalue weighted by Crippen LogP contribution is 2.10. The van der Waals surface area contributed by atoms with Crippen LogP contribution in [0.4, 0.5) is 8.78 Å². The summed E-state index contributed by atoms with van der Waals surface area (Å²) in [6.45, 7) is 4.87. The number of hydrogen-bond acceptors (Lipinski definition) is 2. The number of rotatable bonds is 6. The molecule has 1 aromatic rings. The van der Waals surface area contributed by atoms with Crippen LogP contribution in [0.15, 0.2) is 23.2 Å². The molecule has 0 fully saturated rings. The lowest BCUT2D eigenvalue weighted by atomic mass is 10.2. The van der Waals surface area contributed by atoms with Crippen LogP contribution in [-0.2, 0) is 11.3 Å². The Morgan fingerprint density at radius 3 is 2.45 bits per heavy atom. The van der Waals surface area contributed by atoms with Crippen LogP contribution < -0.4 is 16.0 Å². The molecule has 0 atom stereocenters. The first-order valence-electron chi connectivity index (χ1n) is 6.79. The van der Waals surface area contributed by atoms with E-state index in [2.05, 4.69) is 20.9 Å². The molecule has 1 rings (SSSR count). The van der Waals surface area contributed by atoms with E-state index in [0.29, 0.717) is 19.0 Å². The quantitative estimate of drug-likeness (QED) is 0.369. The van der Waals surface area contributed by atoms with Gasteiger partial charge >= 0.3 is 0 Å². The van der Waals surface area contributed by atoms with Crippen LogP contribution in [0.25, 0.3) is 0 Å². The number of guanidine groups is 1. The average molecular weight is 426 g/mol. The topological polar surface area (TPSA) is 65.5 Å². The highest BCUT2D eigenvalue weighted by atomic mass is 127. The van der Waals surface area contributed by atoms with Crippen LogP contribution in [0, 0.1) is 11.6 Å². The summed E-state index contributed by atoms with van der Waals surface area (Å²) in [5, 5.41) is 8.39. The number of hydrogen-bond donors (Lipinski definition) is 3. The fourth-order valence-electron chi connectivity index (χ4n) is 1.59. The largest absolute Gasteiger partial charge is 0.357 e. The van der Waals surface area contributed by atoms with Crippen molar-refractivity contribution in [3.8, 4) is 0 Å². The van der Waals surface area contributed by atoms with Crippen molar-refractivity contribution in [1.29, 1.82) is 0 Å². The molecule has 0 saturated heterocycles. The lowest BCUT2D eigenvalue weighted by Gasteiger charge is -2.11. The maximum atomic E-state index is 13.5. The van der Waals surface area contributed by atoms with Crippen LogP contribution in [0.1, 0.15) is 19.4 Å². The van der Waals surface area contributed by atoms with Gasteiger partial charge in [-0.05, 0) is 32.0 Å². The number of nitrogens with one attached hydrogen (secondary N) is 3. The second-order valence-corrected chi connectivity index (χ2v) is 4.24. The normalized spacial score (nSPS) is 10.6. The number of nitrogens with zero attached hydrogens (tertiary/aromatic N) is 1. The zero-order valence-electron chi connectivity index (χ0n) is 12.6. The predicted molar refractivity (Wildman–Crippen MR) is 93.3 cm³/mol. The van der Waals surface area contributed by atoms with E-state index < -0.39 is 11.6 Å². The third-order valence-corrected chi connectivity index (χ3v) is 2.55. The number of halogens is 3. The second kappa shape index (κ2) is 11.2. The smallest absolute Gasteiger partial charge is 0.239 e. The molecule has 8 heteroatoms. The molecule has 0 radical (unpaired) electrons. The van der Waals surface area contributed by atoms with E-state index in [0.717, 1.165) is 18.2 Å². The maximum Gasteiger partial charge on any atom is 0.239 e. The van der Waals surface area contributed by atoms with Crippen LogP contribution >= 0.6 is 24.0 Å². The molecule has 0 spiro atoms. The Labute approximate surface area is 146 Å². The van der Waals surface area contributed by atoms with Gasteiger partial charge in [0.25, 0.3) is 0 Å². The molecule has 3 N–H and O–H groups in total. The molecule has 5 nitrogen and oxygen atoms in total. The van der Waals surface area contributed by atoms with Gasteiger partial charge < -0.3 is 16.0 Å². The van der Waals surface area contributed by atoms with E-state index in [-0.39, 0.29) is 48.5 Å². The lowest BCUT2D eigenvalue weighted by Crippen LogP contribution is -2.43. The minimum Gasteiger partial charge on any atom is -0.357 e. The Bertz CT molecular complexity index is 512. The molecule has 1 amide bonds. The number of aliphatic imine (C=N–C) groups is 1. The van der Waals surface area contributed by atoms with Gasteiger partial charge in [-0.1, -0.05) is 0 Å². The second-order valence-electron chi connectivity index (χ2n) is 4.24. The van der Waals surface area contributed by atoms with Crippen LogP contribution in [0.2, 0.25) is 0 Å². The monoisotopic (exact) mass is 426 g/mol. The van der Waals surface area contributed by atoms with Crippen LogP contribution in [-0.4, -0.2) is 31.5 Å². The van der Waals surface area contributed by atoms with Crippen molar-refractivity contribution in [3.63, 3.8) is 0 Å². The molecule has 0 bridgehead atoms. The fraction of sp³-hybridized carbons (Fsp3) is 0.429. The summed E-state index contributed by atoms with van der Waals surface area (Å²) in [6.07, 6.45) is 0. The molecule has 0 aliphatic rings. The number of carbonyl (C=O) groups excluding carboxylic acids is 1. The van der Waals surface area contributed by atoms with Gasteiger partial charge in [0.05, 0.1) is 13.1 Å². The SMILES string of the molecule is CCNC(=O)CNC(=NCc1cc(F)ccc1F)NCC.I. The third-order valence-electron chi connectivity index (χ3n) is 2.55. The molecule has 0 aromatic heterocycles. The van der Waals surface area contributed by atoms with Crippen molar-refractivity contribution in [3.05, 3.63) is 35.4 Å². The molecule has 0 aliphatic carbocycles. The highest BCUT2D eigenvalue weighted by Gasteiger charge is 2.05. The van der Waals surface area contributed by atoms with E-state index in [1.54, 1.807) is 0 Å². The van der Waals surface area contributed by atoms with Gasteiger partial charge in [0.1, 0.15) is 11.6 Å². The Balaban J connectivity index is 0.00000441. The summed E-state index contributed by atoms with van der Waals surface area (Å²) in [7, 11) is 0. The Morgan fingerprint density at radius 1 is 1.14 bits per heavy atom. The summed E-state index contributed by atoms with van der Waals surface area (Å²) >= 11 is 0. The Hall–Kier alpha value is -1.45. The van der Waals surface area contributed by atoms with Crippen LogP contribution in [0.3, 0.4) is 0 Å². The third kappa shape index (κ3) is 7.53. The molecule has 0 aliphatic heterocycles. The van der Waals surface area contributed by atoms with E-state index in [1.165, 1.54) is 0 Å². The summed E-state index contributed by atoms with van der Waals surface area (Å²) in [5.41, 5.74) is 0.158. The number of carbonyl (C=O) groups is 1. The van der Waals surface area contributed by atoms with Crippen molar-refractivity contribution in [2.75, 3.05) is 19.6 Å². The number of benzene rings is 1. The van der Waals surface area contributed by atoms with Gasteiger partial charge in [-0.25, -0.2) is 13.8 Å². The van der Waals surface area contributed by atoms with Crippen molar-refractivity contribution < 1.29 is 13.6 Å². The molecule has 22 heavy (non-hydrogen) atoms. The summed E-state index contributed by atoms with van der Waals surface area (Å²) in [6, 6.07) is 3.22. The van der Waals surface area contributed by atoms with Crippen LogP contribution in [0.5, 0.6) is 0 Å². The van der Waals surface area contributed by atoms with Crippen molar-refractivity contribution in [2.45, 2.75) is 20.4 Å². The highest BCUT2D eigenvalue weighted by molar-refractivity contribution is 14.0. The molecule has 124 valence electrons. The van der Waals surface area contributed by atoms with E-state index in [4.69, 9.17) is 0 Å². The minimum absolute atomic E-state index is 0. The zero-order chi connectivity index (χ0) is 15.7. The molecule has 0 saturated carbocycles. The number of likely N-dealkylation sites (N-methyl/N-ethyl adjacent to an activating group) is 1. The van der Waals surface area contributed by atoms with E-state index in [9.17, 15) is 13.6 Å². The van der Waals surface area contributed by atoms with Gasteiger partial charge in [0, 0.05) is 18.7 Å². The molecular formula is C14H21F2IN4O. The first kappa shape index (κ1) is 20.6. The standard InChI is InChI=1S/C14H20F2N4O.HI/c1-3-17-13(21)9-20-14(18-4-2)19-8-10-7-11(15)5-6-12(10)16;/h5-7H,3-4,8-9H2,1-2H3,(H,17,21)(H2,18,19,20);1H. The predicted octanol–water partition coefficient (Wildman–Crippen LogP) is 1.77. The maximum absolute atomic E-state index is 13.5. The van der Waals surface area contributed by atoms with E-state index in [1.807, 2.05) is 13.8 Å². The van der Waals surface area contributed by atoms with Gasteiger partial charge in [-0.15, -0.1) is 24.0 Å². The Kier molecular flexibility index (Phi) is 10.4. The van der Waals surface area contributed by atoms with Crippen molar-refractivity contribution in [1.82, 2.24) is 16.0 Å². The van der Waals surface area contributed by atoms with Gasteiger partial charge in [0.15, 0.2) is 5.96 Å². The lowest BCUT2D eigenvalue weighted by molar-refractivity contribution is -0.119. The van der Waals surface area contributed by atoms with Gasteiger partial charge in [-0.2, -0.15) is 0 Å². The molecule has 1 aromatic carbocycles. The number of amides is 1. The molecular weight excluding hydrogens is 405 g/mol. The van der Waals surface area contributed by atoms with Crippen molar-refractivity contribution in [2.24, 2.45) is 4.99 Å². The summed E-state index contributed by atoms with van der Waals surface area (Å²) in [4.78, 5) is 15.5. The van der Waals surface area contributed by atoms with Gasteiger partial charge in [-0.3, -0.25) is 4.79 Å². The first-order valence-corrected chi connectivity index (χ1v) is 6.79. The van der Waals surface area contributed by atoms with Crippen molar-refractivity contribution >= 4 is 35.8 Å². The fourth-order valence-corrected chi connectivity index (χ4v) is 1.59. The summed E-state index contributed by atoms with van der Waals surface area (Å²) in [5.74, 6) is -0.825. The first-order chi connectivity index (χ1) is 10.1. The molecule has 0 unspecified atom stereocenters.